The van der Waals surface area contributed by atoms with E-state index >= 15 is 0 Å². The normalized spacial score (nSPS) is 11.0. The van der Waals surface area contributed by atoms with E-state index in [0.29, 0.717) is 5.92 Å². The van der Waals surface area contributed by atoms with Gasteiger partial charge in [0, 0.05) is 5.75 Å². The van der Waals surface area contributed by atoms with Crippen molar-refractivity contribution < 1.29 is 0 Å². The minimum Gasteiger partial charge on any atom is -0.157 e. The zero-order valence-corrected chi connectivity index (χ0v) is 36.1. The Bertz CT molecular complexity index is 857. The van der Waals surface area contributed by atoms with Crippen molar-refractivity contribution in [1.82, 2.24) is 0 Å². The average molecular weight is 671 g/mol. The molecule has 1 rings (SSSR count). The molecular formula is C46H86S. The van der Waals surface area contributed by atoms with E-state index in [2.05, 4.69) is 160 Å². The van der Waals surface area contributed by atoms with E-state index < -0.39 is 0 Å². The first kappa shape index (κ1) is 57.3. The number of rotatable bonds is 13. The molecule has 1 aromatic carbocycles. The van der Waals surface area contributed by atoms with Gasteiger partial charge in [0.25, 0.3) is 0 Å². The maximum Gasteiger partial charge on any atom is 0.0116 e. The highest BCUT2D eigenvalue weighted by molar-refractivity contribution is 7.99. The van der Waals surface area contributed by atoms with Gasteiger partial charge in [0.15, 0.2) is 0 Å². The highest BCUT2D eigenvalue weighted by Gasteiger charge is 2.01. The molecular weight excluding hydrogens is 585 g/mol. The second-order valence-electron chi connectivity index (χ2n) is 12.7. The molecule has 0 spiro atoms. The SMILES string of the molecule is C/C=C(/C)CCC.C=C.C=C(C)C(C)CSC/C=C(\C)CC/C=C(\C)CCC=C(C)C.CC.CC(C)C.CCC.Cc1ccccc1. The van der Waals surface area contributed by atoms with Gasteiger partial charge >= 0.3 is 0 Å². The van der Waals surface area contributed by atoms with Crippen LogP contribution in [0.25, 0.3) is 0 Å². The largest absolute Gasteiger partial charge is 0.157 e. The summed E-state index contributed by atoms with van der Waals surface area (Å²) in [6, 6.07) is 10.3. The quantitative estimate of drug-likeness (QED) is 0.149. The monoisotopic (exact) mass is 671 g/mol. The van der Waals surface area contributed by atoms with E-state index in [-0.39, 0.29) is 0 Å². The number of thioether (sulfide) groups is 1. The summed E-state index contributed by atoms with van der Waals surface area (Å²) in [5.74, 6) is 3.78. The molecule has 0 saturated heterocycles. The number of benzene rings is 1. The van der Waals surface area contributed by atoms with Gasteiger partial charge in [-0.3, -0.25) is 0 Å². The van der Waals surface area contributed by atoms with Gasteiger partial charge in [-0.25, -0.2) is 0 Å². The van der Waals surface area contributed by atoms with Crippen molar-refractivity contribution in [3.63, 3.8) is 0 Å². The lowest BCUT2D eigenvalue weighted by Crippen LogP contribution is -1.98. The Morgan fingerprint density at radius 3 is 1.47 bits per heavy atom. The first-order chi connectivity index (χ1) is 22.2. The Morgan fingerprint density at radius 2 is 1.15 bits per heavy atom. The molecule has 0 aliphatic rings. The van der Waals surface area contributed by atoms with Crippen LogP contribution in [0.4, 0.5) is 0 Å². The van der Waals surface area contributed by atoms with E-state index in [4.69, 9.17) is 0 Å². The Morgan fingerprint density at radius 1 is 0.723 bits per heavy atom. The third kappa shape index (κ3) is 67.1. The van der Waals surface area contributed by atoms with Crippen LogP contribution in [0.1, 0.15) is 161 Å². The van der Waals surface area contributed by atoms with Crippen molar-refractivity contribution in [1.29, 1.82) is 0 Å². The van der Waals surface area contributed by atoms with Crippen LogP contribution in [-0.2, 0) is 0 Å². The van der Waals surface area contributed by atoms with Gasteiger partial charge in [-0.2, -0.15) is 11.8 Å². The lowest BCUT2D eigenvalue weighted by Gasteiger charge is -2.09. The number of hydrogen-bond acceptors (Lipinski definition) is 1. The highest BCUT2D eigenvalue weighted by atomic mass is 32.2. The predicted octanol–water partition coefficient (Wildman–Crippen LogP) is 17.0. The molecule has 0 saturated carbocycles. The van der Waals surface area contributed by atoms with Crippen LogP contribution in [0.2, 0.25) is 0 Å². The summed E-state index contributed by atoms with van der Waals surface area (Å²) in [6.07, 6.45) is 17.8. The van der Waals surface area contributed by atoms with Gasteiger partial charge in [0.1, 0.15) is 0 Å². The van der Waals surface area contributed by atoms with Crippen LogP contribution in [-0.4, -0.2) is 11.5 Å². The summed E-state index contributed by atoms with van der Waals surface area (Å²) in [6.45, 7) is 46.5. The molecule has 0 N–H and O–H groups in total. The molecule has 0 bridgehead atoms. The van der Waals surface area contributed by atoms with Crippen molar-refractivity contribution in [2.45, 2.75) is 163 Å². The van der Waals surface area contributed by atoms with Crippen LogP contribution < -0.4 is 0 Å². The second-order valence-corrected chi connectivity index (χ2v) is 13.8. The zero-order chi connectivity index (χ0) is 38.1. The van der Waals surface area contributed by atoms with Gasteiger partial charge in [-0.05, 0) is 105 Å². The maximum absolute atomic E-state index is 4.02. The molecule has 0 fully saturated rings. The fourth-order valence-corrected chi connectivity index (χ4v) is 4.18. The fraction of sp³-hybridized carbons (Fsp3) is 0.609. The summed E-state index contributed by atoms with van der Waals surface area (Å²) < 4.78 is 0. The molecule has 0 aliphatic carbocycles. The summed E-state index contributed by atoms with van der Waals surface area (Å²) >= 11 is 2.01. The van der Waals surface area contributed by atoms with Crippen LogP contribution in [0.3, 0.4) is 0 Å². The van der Waals surface area contributed by atoms with Crippen molar-refractivity contribution in [2.75, 3.05) is 11.5 Å². The lowest BCUT2D eigenvalue weighted by molar-refractivity contribution is 0.737. The van der Waals surface area contributed by atoms with E-state index in [9.17, 15) is 0 Å². The van der Waals surface area contributed by atoms with E-state index in [1.807, 2.05) is 43.8 Å². The molecule has 0 nitrogen and oxygen atoms in total. The first-order valence-electron chi connectivity index (χ1n) is 18.5. The minimum absolute atomic E-state index is 0.630. The van der Waals surface area contributed by atoms with Crippen molar-refractivity contribution in [2.24, 2.45) is 11.8 Å². The molecule has 276 valence electrons. The first-order valence-corrected chi connectivity index (χ1v) is 19.6. The Kier molecular flexibility index (Phi) is 59.0. The van der Waals surface area contributed by atoms with Crippen molar-refractivity contribution in [3.8, 4) is 0 Å². The van der Waals surface area contributed by atoms with Gasteiger partial charge in [-0.15, -0.1) is 13.2 Å². The Labute approximate surface area is 304 Å². The summed E-state index contributed by atoms with van der Waals surface area (Å²) in [5.41, 5.74) is 8.58. The van der Waals surface area contributed by atoms with Gasteiger partial charge in [0.05, 0.1) is 0 Å². The molecule has 0 aromatic heterocycles. The maximum atomic E-state index is 4.02. The standard InChI is InChI=1S/C21H36S.C7H8.C7H14.C4H10.C3H8.C2H6.C2H4/c1-17(2)10-8-11-19(5)12-9-13-20(6)14-15-22-16-21(7)18(3)4;1-7-5-3-2-4-6-7;1-4-6-7(3)5-2;1-4(2)3;1-3-2;2*1-2/h10,12,14,21H,3,8-9,11,13,15-16H2,1-2,4-7H3;2-6H,1H3;5H,4,6H2,1-3H3;4H,1-3H3;3H2,1-2H3;1-2H3;1-2H2/b19-12+,20-14+;;7-5-;;;;. The van der Waals surface area contributed by atoms with Crippen LogP contribution in [0.5, 0.6) is 0 Å². The van der Waals surface area contributed by atoms with Crippen LogP contribution in [0.15, 0.2) is 102 Å². The van der Waals surface area contributed by atoms with Crippen molar-refractivity contribution in [3.05, 3.63) is 108 Å². The van der Waals surface area contributed by atoms with Gasteiger partial charge in [0.2, 0.25) is 0 Å². The molecule has 1 unspecified atom stereocenters. The van der Waals surface area contributed by atoms with Crippen LogP contribution >= 0.6 is 11.8 Å². The highest BCUT2D eigenvalue weighted by Crippen LogP contribution is 2.16. The molecule has 0 heterocycles. The average Bonchev–Trinajstić information content (AvgIpc) is 3.02. The van der Waals surface area contributed by atoms with E-state index in [0.717, 1.165) is 11.7 Å². The number of aryl methyl sites for hydroxylation is 1. The zero-order valence-electron chi connectivity index (χ0n) is 35.2. The molecule has 47 heavy (non-hydrogen) atoms. The molecule has 1 heteroatoms. The van der Waals surface area contributed by atoms with E-state index in [1.165, 1.54) is 84.1 Å². The Balaban J connectivity index is -0.000000136. The smallest absolute Gasteiger partial charge is 0.0116 e. The minimum atomic E-state index is 0.630. The second kappa shape index (κ2) is 48.4. The third-order valence-electron chi connectivity index (χ3n) is 5.96. The topological polar surface area (TPSA) is 0 Å². The fourth-order valence-electron chi connectivity index (χ4n) is 3.00. The number of hydrogen-bond donors (Lipinski definition) is 0. The molecule has 1 aromatic rings. The van der Waals surface area contributed by atoms with Crippen molar-refractivity contribution >= 4 is 11.8 Å². The molecule has 0 amide bonds. The predicted molar refractivity (Wildman–Crippen MR) is 231 cm³/mol. The van der Waals surface area contributed by atoms with Crippen LogP contribution in [0, 0.1) is 18.8 Å². The molecule has 1 atom stereocenters. The van der Waals surface area contributed by atoms with Gasteiger partial charge < -0.3 is 0 Å². The van der Waals surface area contributed by atoms with E-state index in [1.54, 1.807) is 0 Å². The third-order valence-corrected chi connectivity index (χ3v) is 7.10. The summed E-state index contributed by atoms with van der Waals surface area (Å²) in [4.78, 5) is 0. The summed E-state index contributed by atoms with van der Waals surface area (Å²) in [5, 5.41) is 0. The van der Waals surface area contributed by atoms with Gasteiger partial charge in [-0.1, -0.05) is 170 Å². The Hall–Kier alpha value is -1.99. The number of allylic oxidation sites excluding steroid dienone is 8. The summed E-state index contributed by atoms with van der Waals surface area (Å²) in [7, 11) is 0. The molecule has 0 radical (unpaired) electrons. The molecule has 0 aliphatic heterocycles. The lowest BCUT2D eigenvalue weighted by atomic mass is 10.1.